The molecule has 0 saturated carbocycles. The topological polar surface area (TPSA) is 105 Å². The highest BCUT2D eigenvalue weighted by Gasteiger charge is 2.18. The van der Waals surface area contributed by atoms with Crippen molar-refractivity contribution in [3.05, 3.63) is 30.2 Å². The molecule has 0 aromatic carbocycles. The van der Waals surface area contributed by atoms with Crippen molar-refractivity contribution < 1.29 is 9.53 Å². The summed E-state index contributed by atoms with van der Waals surface area (Å²) in [6.07, 6.45) is 5.31. The number of nitrogens with zero attached hydrogens (tertiary/aromatic N) is 4. The van der Waals surface area contributed by atoms with E-state index >= 15 is 0 Å². The van der Waals surface area contributed by atoms with E-state index in [2.05, 4.69) is 38.1 Å². The fourth-order valence-corrected chi connectivity index (χ4v) is 2.94. The summed E-state index contributed by atoms with van der Waals surface area (Å²) in [5.74, 6) is 1.58. The molecule has 166 valence electrons. The summed E-state index contributed by atoms with van der Waals surface area (Å²) in [6, 6.07) is 5.89. The summed E-state index contributed by atoms with van der Waals surface area (Å²) >= 11 is 0. The Kier molecular flexibility index (Phi) is 8.89. The predicted octanol–water partition coefficient (Wildman–Crippen LogP) is 2.52. The summed E-state index contributed by atoms with van der Waals surface area (Å²) in [6.45, 7) is 8.82. The Balaban J connectivity index is 1.85. The lowest BCUT2D eigenvalue weighted by molar-refractivity contribution is 0.0523. The van der Waals surface area contributed by atoms with Crippen LogP contribution in [0.4, 0.5) is 4.79 Å². The monoisotopic (exact) mass is 417 g/mol. The number of unbranched alkanes of at least 4 members (excludes halogenated alkanes) is 1. The number of carbonyl (C=O) groups is 1. The van der Waals surface area contributed by atoms with Crippen LogP contribution < -0.4 is 16.0 Å². The first-order valence-electron chi connectivity index (χ1n) is 10.5. The van der Waals surface area contributed by atoms with Crippen LogP contribution in [-0.4, -0.2) is 58.4 Å². The van der Waals surface area contributed by atoms with Crippen LogP contribution in [0.2, 0.25) is 0 Å². The summed E-state index contributed by atoms with van der Waals surface area (Å²) in [5.41, 5.74) is 0.322. The van der Waals surface area contributed by atoms with Gasteiger partial charge in [0.05, 0.1) is 0 Å². The Morgan fingerprint density at radius 1 is 1.27 bits per heavy atom. The third-order valence-corrected chi connectivity index (χ3v) is 4.39. The number of aliphatic imine (C=N–C) groups is 1. The zero-order valence-corrected chi connectivity index (χ0v) is 18.7. The number of guanidine groups is 1. The van der Waals surface area contributed by atoms with Gasteiger partial charge in [-0.1, -0.05) is 25.8 Å². The SMILES string of the molecule is CCCCC(CNC(=O)OC(C)(C)C)NC(=NC)NCCc1nnc2ccccn12. The van der Waals surface area contributed by atoms with Crippen molar-refractivity contribution in [3.8, 4) is 0 Å². The largest absolute Gasteiger partial charge is 0.444 e. The van der Waals surface area contributed by atoms with Crippen LogP contribution in [0.3, 0.4) is 0 Å². The minimum Gasteiger partial charge on any atom is -0.444 e. The van der Waals surface area contributed by atoms with Crippen molar-refractivity contribution in [1.29, 1.82) is 0 Å². The molecule has 0 saturated heterocycles. The minimum absolute atomic E-state index is 0.0533. The molecule has 30 heavy (non-hydrogen) atoms. The number of carbonyl (C=O) groups excluding carboxylic acids is 1. The Hall–Kier alpha value is -2.84. The number of nitrogens with one attached hydrogen (secondary N) is 3. The lowest BCUT2D eigenvalue weighted by Gasteiger charge is -2.24. The number of fused-ring (bicyclic) bond motifs is 1. The Morgan fingerprint density at radius 2 is 2.07 bits per heavy atom. The smallest absolute Gasteiger partial charge is 0.407 e. The number of pyridine rings is 1. The molecule has 1 atom stereocenters. The second-order valence-electron chi connectivity index (χ2n) is 8.16. The van der Waals surface area contributed by atoms with E-state index in [0.29, 0.717) is 25.5 Å². The van der Waals surface area contributed by atoms with Gasteiger partial charge >= 0.3 is 6.09 Å². The number of ether oxygens (including phenoxy) is 1. The van der Waals surface area contributed by atoms with E-state index in [0.717, 1.165) is 30.7 Å². The van der Waals surface area contributed by atoms with Crippen LogP contribution in [-0.2, 0) is 11.2 Å². The molecule has 0 aliphatic heterocycles. The van der Waals surface area contributed by atoms with Crippen molar-refractivity contribution >= 4 is 17.7 Å². The molecule has 0 spiro atoms. The molecule has 0 radical (unpaired) electrons. The van der Waals surface area contributed by atoms with Crippen molar-refractivity contribution in [2.24, 2.45) is 4.99 Å². The third-order valence-electron chi connectivity index (χ3n) is 4.39. The molecular formula is C21H35N7O2. The average molecular weight is 418 g/mol. The summed E-state index contributed by atoms with van der Waals surface area (Å²) in [7, 11) is 1.74. The van der Waals surface area contributed by atoms with Crippen LogP contribution in [0.15, 0.2) is 29.4 Å². The fourth-order valence-electron chi connectivity index (χ4n) is 2.94. The van der Waals surface area contributed by atoms with E-state index < -0.39 is 11.7 Å². The molecule has 3 N–H and O–H groups in total. The third kappa shape index (κ3) is 7.88. The van der Waals surface area contributed by atoms with E-state index in [-0.39, 0.29) is 6.04 Å². The molecule has 9 heteroatoms. The first-order chi connectivity index (χ1) is 14.3. The van der Waals surface area contributed by atoms with E-state index in [4.69, 9.17) is 4.74 Å². The molecule has 1 unspecified atom stereocenters. The van der Waals surface area contributed by atoms with Gasteiger partial charge in [0.2, 0.25) is 0 Å². The number of aromatic nitrogens is 3. The van der Waals surface area contributed by atoms with Gasteiger partial charge in [-0.2, -0.15) is 0 Å². The van der Waals surface area contributed by atoms with Gasteiger partial charge in [0.15, 0.2) is 11.6 Å². The number of rotatable bonds is 9. The Labute approximate surface area is 178 Å². The van der Waals surface area contributed by atoms with Crippen LogP contribution in [0.1, 0.15) is 52.8 Å². The molecule has 1 amide bonds. The Morgan fingerprint density at radius 3 is 2.77 bits per heavy atom. The maximum atomic E-state index is 12.0. The number of hydrogen-bond acceptors (Lipinski definition) is 5. The van der Waals surface area contributed by atoms with E-state index in [1.54, 1.807) is 7.05 Å². The van der Waals surface area contributed by atoms with Gasteiger partial charge < -0.3 is 20.7 Å². The van der Waals surface area contributed by atoms with Gasteiger partial charge in [0.1, 0.15) is 11.4 Å². The molecule has 9 nitrogen and oxygen atoms in total. The highest BCUT2D eigenvalue weighted by atomic mass is 16.6. The van der Waals surface area contributed by atoms with E-state index in [1.165, 1.54) is 0 Å². The van der Waals surface area contributed by atoms with E-state index in [1.807, 2.05) is 49.6 Å². The second kappa shape index (κ2) is 11.4. The highest BCUT2D eigenvalue weighted by molar-refractivity contribution is 5.80. The summed E-state index contributed by atoms with van der Waals surface area (Å²) < 4.78 is 7.31. The van der Waals surface area contributed by atoms with Crippen LogP contribution in [0.5, 0.6) is 0 Å². The Bertz CT molecular complexity index is 826. The van der Waals surface area contributed by atoms with Gasteiger partial charge in [-0.25, -0.2) is 4.79 Å². The fraction of sp³-hybridized carbons (Fsp3) is 0.619. The normalized spacial score (nSPS) is 13.2. The van der Waals surface area contributed by atoms with Gasteiger partial charge in [0.25, 0.3) is 0 Å². The van der Waals surface area contributed by atoms with Crippen LogP contribution >= 0.6 is 0 Å². The number of amides is 1. The molecule has 0 aliphatic rings. The number of hydrogen-bond donors (Lipinski definition) is 3. The molecule has 0 fully saturated rings. The maximum absolute atomic E-state index is 12.0. The van der Waals surface area contributed by atoms with Gasteiger partial charge in [-0.15, -0.1) is 10.2 Å². The van der Waals surface area contributed by atoms with Crippen molar-refractivity contribution in [3.63, 3.8) is 0 Å². The second-order valence-corrected chi connectivity index (χ2v) is 8.16. The van der Waals surface area contributed by atoms with Gasteiger partial charge in [-0.3, -0.25) is 9.39 Å². The summed E-state index contributed by atoms with van der Waals surface area (Å²) in [4.78, 5) is 16.3. The highest BCUT2D eigenvalue weighted by Crippen LogP contribution is 2.07. The zero-order chi connectivity index (χ0) is 22.0. The quantitative estimate of drug-likeness (QED) is 0.428. The molecule has 2 aromatic rings. The number of alkyl carbamates (subject to hydrolysis) is 1. The minimum atomic E-state index is -0.514. The van der Waals surface area contributed by atoms with Gasteiger partial charge in [-0.05, 0) is 39.3 Å². The van der Waals surface area contributed by atoms with Crippen molar-refractivity contribution in [2.45, 2.75) is 65.0 Å². The van der Waals surface area contributed by atoms with Crippen LogP contribution in [0.25, 0.3) is 5.65 Å². The van der Waals surface area contributed by atoms with Crippen molar-refractivity contribution in [2.75, 3.05) is 20.1 Å². The van der Waals surface area contributed by atoms with Gasteiger partial charge in [0, 0.05) is 38.8 Å². The van der Waals surface area contributed by atoms with E-state index in [9.17, 15) is 4.79 Å². The molecule has 2 rings (SSSR count). The first-order valence-corrected chi connectivity index (χ1v) is 10.5. The molecule has 2 heterocycles. The average Bonchev–Trinajstić information content (AvgIpc) is 3.10. The molecule has 0 aliphatic carbocycles. The zero-order valence-electron chi connectivity index (χ0n) is 18.7. The van der Waals surface area contributed by atoms with Crippen molar-refractivity contribution in [1.82, 2.24) is 30.5 Å². The first kappa shape index (κ1) is 23.4. The molecule has 0 bridgehead atoms. The summed E-state index contributed by atoms with van der Waals surface area (Å²) in [5, 5.41) is 18.0. The lowest BCUT2D eigenvalue weighted by Crippen LogP contribution is -2.49. The predicted molar refractivity (Wildman–Crippen MR) is 119 cm³/mol. The van der Waals surface area contributed by atoms with Crippen LogP contribution in [0, 0.1) is 0 Å². The standard InChI is InChI=1S/C21H35N7O2/c1-6-7-10-16(15-24-20(29)30-21(2,3)4)25-19(22-5)23-13-12-18-27-26-17-11-8-9-14-28(17)18/h8-9,11,14,16H,6-7,10,12-13,15H2,1-5H3,(H,24,29)(H2,22,23,25). The maximum Gasteiger partial charge on any atom is 0.407 e. The molecular weight excluding hydrogens is 382 g/mol. The lowest BCUT2D eigenvalue weighted by atomic mass is 10.1. The molecule has 2 aromatic heterocycles.